The second kappa shape index (κ2) is 4.74. The fourth-order valence-electron chi connectivity index (χ4n) is 2.41. The molecule has 17 heavy (non-hydrogen) atoms. The van der Waals surface area contributed by atoms with Gasteiger partial charge in [0.25, 0.3) is 0 Å². The Morgan fingerprint density at radius 2 is 2.29 bits per heavy atom. The van der Waals surface area contributed by atoms with E-state index in [1.54, 1.807) is 6.33 Å². The molecule has 0 spiro atoms. The lowest BCUT2D eigenvalue weighted by molar-refractivity contribution is -0.137. The molecule has 1 aliphatic carbocycles. The van der Waals surface area contributed by atoms with Gasteiger partial charge in [-0.1, -0.05) is 0 Å². The van der Waals surface area contributed by atoms with Crippen molar-refractivity contribution in [1.82, 2.24) is 14.8 Å². The molecule has 1 fully saturated rings. The van der Waals surface area contributed by atoms with Crippen molar-refractivity contribution in [2.24, 2.45) is 0 Å². The second-order valence-corrected chi connectivity index (χ2v) is 5.10. The van der Waals surface area contributed by atoms with Gasteiger partial charge in [-0.05, 0) is 20.8 Å². The maximum Gasteiger partial charge on any atom is 0.138 e. The van der Waals surface area contributed by atoms with Gasteiger partial charge < -0.3 is 9.84 Å². The number of aromatic nitrogens is 3. The van der Waals surface area contributed by atoms with Crippen molar-refractivity contribution < 1.29 is 9.84 Å². The monoisotopic (exact) mass is 239 g/mol. The van der Waals surface area contributed by atoms with Crippen LogP contribution in [-0.2, 0) is 11.2 Å². The van der Waals surface area contributed by atoms with Gasteiger partial charge in [0.2, 0.25) is 0 Å². The fourth-order valence-corrected chi connectivity index (χ4v) is 2.41. The number of aliphatic hydroxyl groups is 1. The minimum atomic E-state index is -0.653. The molecule has 0 unspecified atom stereocenters. The zero-order valence-corrected chi connectivity index (χ0v) is 10.8. The summed E-state index contributed by atoms with van der Waals surface area (Å²) in [5, 5.41) is 14.5. The molecule has 1 aromatic heterocycles. The van der Waals surface area contributed by atoms with Crippen LogP contribution in [0.15, 0.2) is 6.33 Å². The van der Waals surface area contributed by atoms with Crippen molar-refractivity contribution in [1.29, 1.82) is 0 Å². The van der Waals surface area contributed by atoms with Crippen LogP contribution in [0.4, 0.5) is 0 Å². The first-order valence-corrected chi connectivity index (χ1v) is 6.26. The molecule has 0 atom stereocenters. The summed E-state index contributed by atoms with van der Waals surface area (Å²) in [7, 11) is 0. The smallest absolute Gasteiger partial charge is 0.138 e. The van der Waals surface area contributed by atoms with Crippen LogP contribution in [0.5, 0.6) is 0 Å². The zero-order chi connectivity index (χ0) is 12.5. The first-order chi connectivity index (χ1) is 8.04. The van der Waals surface area contributed by atoms with E-state index in [1.807, 2.05) is 11.6 Å². The molecule has 96 valence electrons. The number of nitrogens with zero attached hydrogens (tertiary/aromatic N) is 3. The van der Waals surface area contributed by atoms with E-state index in [2.05, 4.69) is 23.9 Å². The minimum absolute atomic E-state index is 0.209. The molecule has 0 amide bonds. The largest absolute Gasteiger partial charge is 0.389 e. The van der Waals surface area contributed by atoms with E-state index < -0.39 is 5.60 Å². The summed E-state index contributed by atoms with van der Waals surface area (Å²) in [6.07, 6.45) is 3.73. The lowest BCUT2D eigenvalue weighted by atomic mass is 9.75. The van der Waals surface area contributed by atoms with Crippen LogP contribution in [0.2, 0.25) is 0 Å². The van der Waals surface area contributed by atoms with E-state index in [4.69, 9.17) is 4.74 Å². The van der Waals surface area contributed by atoms with Gasteiger partial charge in [0.1, 0.15) is 12.2 Å². The Hall–Kier alpha value is -0.940. The molecule has 1 N–H and O–H groups in total. The molecule has 5 nitrogen and oxygen atoms in total. The Bertz CT molecular complexity index is 370. The Kier molecular flexibility index (Phi) is 3.49. The third-order valence-electron chi connectivity index (χ3n) is 3.24. The Balaban J connectivity index is 1.95. The van der Waals surface area contributed by atoms with Crippen LogP contribution in [-0.4, -0.2) is 38.2 Å². The van der Waals surface area contributed by atoms with Crippen molar-refractivity contribution in [3.8, 4) is 0 Å². The van der Waals surface area contributed by atoms with Crippen LogP contribution in [0.3, 0.4) is 0 Å². The van der Waals surface area contributed by atoms with E-state index in [0.29, 0.717) is 25.9 Å². The summed E-state index contributed by atoms with van der Waals surface area (Å²) in [4.78, 5) is 4.23. The van der Waals surface area contributed by atoms with Crippen LogP contribution in [0, 0.1) is 0 Å². The Morgan fingerprint density at radius 3 is 2.88 bits per heavy atom. The van der Waals surface area contributed by atoms with Gasteiger partial charge in [0, 0.05) is 31.9 Å². The van der Waals surface area contributed by atoms with Gasteiger partial charge in [-0.15, -0.1) is 0 Å². The van der Waals surface area contributed by atoms with Crippen molar-refractivity contribution in [2.75, 3.05) is 6.61 Å². The molecular formula is C12H21N3O2. The summed E-state index contributed by atoms with van der Waals surface area (Å²) in [5.74, 6) is 0.859. The molecule has 0 aromatic carbocycles. The van der Waals surface area contributed by atoms with Crippen LogP contribution in [0.25, 0.3) is 0 Å². The van der Waals surface area contributed by atoms with Crippen LogP contribution in [0.1, 0.15) is 45.5 Å². The molecule has 0 bridgehead atoms. The van der Waals surface area contributed by atoms with E-state index in [-0.39, 0.29) is 12.1 Å². The third kappa shape index (κ3) is 2.66. The molecular weight excluding hydrogens is 218 g/mol. The highest BCUT2D eigenvalue weighted by Crippen LogP contribution is 2.37. The SMILES string of the molecule is CCOC1CC(O)(Cc2ncnn2C(C)C)C1. The maximum absolute atomic E-state index is 10.3. The standard InChI is InChI=1S/C12H21N3O2/c1-4-17-10-5-12(16,6-10)7-11-13-8-14-15(11)9(2)3/h8-10,16H,4-7H2,1-3H3. The van der Waals surface area contributed by atoms with Crippen molar-refractivity contribution in [3.63, 3.8) is 0 Å². The van der Waals surface area contributed by atoms with Gasteiger partial charge >= 0.3 is 0 Å². The highest BCUT2D eigenvalue weighted by atomic mass is 16.5. The summed E-state index contributed by atoms with van der Waals surface area (Å²) < 4.78 is 7.33. The molecule has 1 saturated carbocycles. The lowest BCUT2D eigenvalue weighted by Crippen LogP contribution is -2.50. The fraction of sp³-hybridized carbons (Fsp3) is 0.833. The molecule has 1 heterocycles. The summed E-state index contributed by atoms with van der Waals surface area (Å²) >= 11 is 0. The lowest BCUT2D eigenvalue weighted by Gasteiger charge is -2.43. The highest BCUT2D eigenvalue weighted by molar-refractivity contribution is 5.03. The first-order valence-electron chi connectivity index (χ1n) is 6.26. The molecule has 2 rings (SSSR count). The Morgan fingerprint density at radius 1 is 1.59 bits per heavy atom. The predicted molar refractivity (Wildman–Crippen MR) is 63.7 cm³/mol. The molecule has 0 saturated heterocycles. The van der Waals surface area contributed by atoms with Gasteiger partial charge in [0.05, 0.1) is 11.7 Å². The normalized spacial score (nSPS) is 28.4. The highest BCUT2D eigenvalue weighted by Gasteiger charge is 2.44. The van der Waals surface area contributed by atoms with E-state index in [0.717, 1.165) is 5.82 Å². The van der Waals surface area contributed by atoms with E-state index >= 15 is 0 Å². The zero-order valence-electron chi connectivity index (χ0n) is 10.8. The van der Waals surface area contributed by atoms with Crippen molar-refractivity contribution in [2.45, 2.75) is 57.8 Å². The molecule has 1 aliphatic rings. The van der Waals surface area contributed by atoms with Crippen LogP contribution >= 0.6 is 0 Å². The van der Waals surface area contributed by atoms with Crippen molar-refractivity contribution >= 4 is 0 Å². The molecule has 0 aliphatic heterocycles. The molecule has 5 heteroatoms. The number of hydrogen-bond acceptors (Lipinski definition) is 4. The van der Waals surface area contributed by atoms with Crippen LogP contribution < -0.4 is 0 Å². The average molecular weight is 239 g/mol. The number of hydrogen-bond donors (Lipinski definition) is 1. The Labute approximate surface area is 102 Å². The topological polar surface area (TPSA) is 60.2 Å². The summed E-state index contributed by atoms with van der Waals surface area (Å²) in [5.41, 5.74) is -0.653. The molecule has 1 aromatic rings. The average Bonchev–Trinajstić information content (AvgIpc) is 2.63. The van der Waals surface area contributed by atoms with E-state index in [9.17, 15) is 5.11 Å². The molecule has 0 radical (unpaired) electrons. The van der Waals surface area contributed by atoms with Gasteiger partial charge in [0.15, 0.2) is 0 Å². The second-order valence-electron chi connectivity index (χ2n) is 5.10. The predicted octanol–water partition coefficient (Wildman–Crippen LogP) is 1.33. The third-order valence-corrected chi connectivity index (χ3v) is 3.24. The number of rotatable bonds is 5. The summed E-state index contributed by atoms with van der Waals surface area (Å²) in [6.45, 7) is 6.81. The van der Waals surface area contributed by atoms with Crippen molar-refractivity contribution in [3.05, 3.63) is 12.2 Å². The number of ether oxygens (including phenoxy) is 1. The maximum atomic E-state index is 10.3. The first kappa shape index (κ1) is 12.5. The van der Waals surface area contributed by atoms with E-state index in [1.165, 1.54) is 0 Å². The van der Waals surface area contributed by atoms with Gasteiger partial charge in [-0.2, -0.15) is 5.10 Å². The van der Waals surface area contributed by atoms with Gasteiger partial charge in [-0.3, -0.25) is 0 Å². The quantitative estimate of drug-likeness (QED) is 0.842. The summed E-state index contributed by atoms with van der Waals surface area (Å²) in [6, 6.07) is 0.277. The minimum Gasteiger partial charge on any atom is -0.389 e. The van der Waals surface area contributed by atoms with Gasteiger partial charge in [-0.25, -0.2) is 9.67 Å².